The minimum atomic E-state index is -0.403. The Kier molecular flexibility index (Phi) is 6.54. The van der Waals surface area contributed by atoms with Gasteiger partial charge in [0, 0.05) is 38.1 Å². The third kappa shape index (κ3) is 4.57. The first-order valence-corrected chi connectivity index (χ1v) is 10.5. The summed E-state index contributed by atoms with van der Waals surface area (Å²) in [6.45, 7) is 6.96. The zero-order chi connectivity index (χ0) is 21.6. The zero-order valence-corrected chi connectivity index (χ0v) is 17.5. The van der Waals surface area contributed by atoms with Crippen molar-refractivity contribution in [1.29, 1.82) is 0 Å². The summed E-state index contributed by atoms with van der Waals surface area (Å²) in [6.07, 6.45) is 1.38. The van der Waals surface area contributed by atoms with Crippen molar-refractivity contribution >= 4 is 33.8 Å². The highest BCUT2D eigenvalue weighted by molar-refractivity contribution is 5.96. The Morgan fingerprint density at radius 1 is 1.16 bits per heavy atom. The predicted molar refractivity (Wildman–Crippen MR) is 121 cm³/mol. The van der Waals surface area contributed by atoms with Crippen molar-refractivity contribution in [3.63, 3.8) is 0 Å². The lowest BCUT2D eigenvalue weighted by atomic mass is 10.1. The first-order chi connectivity index (χ1) is 15.2. The number of nitrogens with one attached hydrogen (secondary N) is 1. The molecule has 0 unspecified atom stereocenters. The van der Waals surface area contributed by atoms with Crippen molar-refractivity contribution in [1.82, 2.24) is 14.9 Å². The molecule has 1 N–H and O–H groups in total. The van der Waals surface area contributed by atoms with Gasteiger partial charge < -0.3 is 15.0 Å². The molecule has 0 atom stereocenters. The molecule has 31 heavy (non-hydrogen) atoms. The fraction of sp³-hybridized carbons (Fsp3) is 0.364. The molecule has 3 aromatic rings. The standard InChI is InChI=1S/C22H26N6O3/c1-2-27(19-9-5-7-17-6-3-4-8-18(17)19)22-20(28(29)30)21(24-16-25-22)23-10-11-26-12-14-31-15-13-26/h3-9,16H,2,10-15H2,1H3,(H,23,24,25). The van der Waals surface area contributed by atoms with Gasteiger partial charge in [-0.2, -0.15) is 0 Å². The van der Waals surface area contributed by atoms with E-state index in [1.54, 1.807) is 0 Å². The molecule has 1 aliphatic rings. The summed E-state index contributed by atoms with van der Waals surface area (Å²) < 4.78 is 5.36. The Labute approximate surface area is 180 Å². The van der Waals surface area contributed by atoms with Crippen molar-refractivity contribution in [2.75, 3.05) is 56.2 Å². The SMILES string of the molecule is CCN(c1ncnc(NCCN2CCOCC2)c1[N+](=O)[O-])c1cccc2ccccc12. The maximum atomic E-state index is 12.1. The maximum Gasteiger partial charge on any atom is 0.353 e. The molecular weight excluding hydrogens is 396 g/mol. The molecule has 2 aromatic carbocycles. The summed E-state index contributed by atoms with van der Waals surface area (Å²) >= 11 is 0. The second-order valence-electron chi connectivity index (χ2n) is 7.27. The third-order valence-electron chi connectivity index (χ3n) is 5.44. The zero-order valence-electron chi connectivity index (χ0n) is 17.5. The Morgan fingerprint density at radius 3 is 2.71 bits per heavy atom. The van der Waals surface area contributed by atoms with Crippen LogP contribution in [-0.2, 0) is 4.74 Å². The molecule has 9 nitrogen and oxygen atoms in total. The first-order valence-electron chi connectivity index (χ1n) is 10.5. The number of benzene rings is 2. The van der Waals surface area contributed by atoms with E-state index in [1.165, 1.54) is 6.33 Å². The molecule has 1 fully saturated rings. The van der Waals surface area contributed by atoms with Crippen molar-refractivity contribution in [3.05, 3.63) is 58.9 Å². The van der Waals surface area contributed by atoms with Gasteiger partial charge in [0.2, 0.25) is 11.6 Å². The number of rotatable bonds is 8. The second kappa shape index (κ2) is 9.67. The molecule has 1 aromatic heterocycles. The Balaban J connectivity index is 1.65. The van der Waals surface area contributed by atoms with Crippen LogP contribution in [-0.4, -0.2) is 65.7 Å². The highest BCUT2D eigenvalue weighted by Crippen LogP contribution is 2.38. The van der Waals surface area contributed by atoms with Gasteiger partial charge in [-0.05, 0) is 18.4 Å². The third-order valence-corrected chi connectivity index (χ3v) is 5.44. The molecule has 0 amide bonds. The number of aromatic nitrogens is 2. The van der Waals surface area contributed by atoms with E-state index in [-0.39, 0.29) is 17.3 Å². The number of anilines is 3. The Bertz CT molecular complexity index is 1050. The van der Waals surface area contributed by atoms with Crippen LogP contribution in [0.5, 0.6) is 0 Å². The van der Waals surface area contributed by atoms with Gasteiger partial charge in [0.1, 0.15) is 6.33 Å². The van der Waals surface area contributed by atoms with E-state index in [1.807, 2.05) is 54.3 Å². The minimum absolute atomic E-state index is 0.112. The summed E-state index contributed by atoms with van der Waals surface area (Å²) in [7, 11) is 0. The molecule has 9 heteroatoms. The summed E-state index contributed by atoms with van der Waals surface area (Å²) in [5.41, 5.74) is 0.765. The van der Waals surface area contributed by atoms with E-state index in [0.717, 1.165) is 36.1 Å². The molecular formula is C22H26N6O3. The van der Waals surface area contributed by atoms with Gasteiger partial charge in [-0.25, -0.2) is 9.97 Å². The van der Waals surface area contributed by atoms with Gasteiger partial charge in [0.15, 0.2) is 0 Å². The summed E-state index contributed by atoms with van der Waals surface area (Å²) in [5.74, 6) is 0.523. The molecule has 162 valence electrons. The molecule has 0 spiro atoms. The van der Waals surface area contributed by atoms with Gasteiger partial charge in [0.25, 0.3) is 0 Å². The number of nitro groups is 1. The highest BCUT2D eigenvalue weighted by atomic mass is 16.6. The monoisotopic (exact) mass is 422 g/mol. The van der Waals surface area contributed by atoms with Gasteiger partial charge in [0.05, 0.1) is 23.8 Å². The molecule has 1 saturated heterocycles. The van der Waals surface area contributed by atoms with Crippen molar-refractivity contribution < 1.29 is 9.66 Å². The number of nitrogens with zero attached hydrogens (tertiary/aromatic N) is 5. The molecule has 0 aliphatic carbocycles. The van der Waals surface area contributed by atoms with Crippen LogP contribution in [0.15, 0.2) is 48.8 Å². The number of hydrogen-bond acceptors (Lipinski definition) is 8. The van der Waals surface area contributed by atoms with E-state index in [2.05, 4.69) is 20.2 Å². The van der Waals surface area contributed by atoms with E-state index in [9.17, 15) is 10.1 Å². The highest BCUT2D eigenvalue weighted by Gasteiger charge is 2.28. The van der Waals surface area contributed by atoms with Gasteiger partial charge in [-0.15, -0.1) is 0 Å². The predicted octanol–water partition coefficient (Wildman–Crippen LogP) is 3.44. The van der Waals surface area contributed by atoms with Crippen LogP contribution in [0.4, 0.5) is 23.0 Å². The lowest BCUT2D eigenvalue weighted by Gasteiger charge is -2.26. The van der Waals surface area contributed by atoms with Gasteiger partial charge in [-0.1, -0.05) is 36.4 Å². The first kappa shape index (κ1) is 21.0. The Morgan fingerprint density at radius 2 is 1.94 bits per heavy atom. The topological polar surface area (TPSA) is 96.7 Å². The fourth-order valence-electron chi connectivity index (χ4n) is 3.90. The van der Waals surface area contributed by atoms with Crippen LogP contribution < -0.4 is 10.2 Å². The molecule has 0 radical (unpaired) electrons. The molecule has 0 bridgehead atoms. The van der Waals surface area contributed by atoms with Crippen LogP contribution in [0.1, 0.15) is 6.92 Å². The number of morpholine rings is 1. The molecule has 0 saturated carbocycles. The fourth-order valence-corrected chi connectivity index (χ4v) is 3.90. The quantitative estimate of drug-likeness (QED) is 0.436. The minimum Gasteiger partial charge on any atom is -0.379 e. The average Bonchev–Trinajstić information content (AvgIpc) is 2.80. The van der Waals surface area contributed by atoms with Crippen LogP contribution in [0.2, 0.25) is 0 Å². The summed E-state index contributed by atoms with van der Waals surface area (Å²) in [6, 6.07) is 13.9. The Hall–Kier alpha value is -3.30. The van der Waals surface area contributed by atoms with E-state index in [4.69, 9.17) is 4.74 Å². The number of hydrogen-bond donors (Lipinski definition) is 1. The largest absolute Gasteiger partial charge is 0.379 e. The lowest BCUT2D eigenvalue weighted by Crippen LogP contribution is -2.39. The van der Waals surface area contributed by atoms with Gasteiger partial charge in [-0.3, -0.25) is 15.0 Å². The maximum absolute atomic E-state index is 12.1. The summed E-state index contributed by atoms with van der Waals surface area (Å²) in [4.78, 5) is 24.3. The van der Waals surface area contributed by atoms with Crippen molar-refractivity contribution in [2.45, 2.75) is 6.92 Å². The molecule has 4 rings (SSSR count). The van der Waals surface area contributed by atoms with E-state index in [0.29, 0.717) is 26.3 Å². The van der Waals surface area contributed by atoms with Crippen LogP contribution in [0.3, 0.4) is 0 Å². The average molecular weight is 422 g/mol. The normalized spacial score (nSPS) is 14.5. The second-order valence-corrected chi connectivity index (χ2v) is 7.27. The smallest absolute Gasteiger partial charge is 0.353 e. The number of ether oxygens (including phenoxy) is 1. The lowest BCUT2D eigenvalue weighted by molar-refractivity contribution is -0.383. The van der Waals surface area contributed by atoms with E-state index >= 15 is 0 Å². The van der Waals surface area contributed by atoms with Crippen LogP contribution in [0.25, 0.3) is 10.8 Å². The van der Waals surface area contributed by atoms with Crippen molar-refractivity contribution in [3.8, 4) is 0 Å². The van der Waals surface area contributed by atoms with Crippen molar-refractivity contribution in [2.24, 2.45) is 0 Å². The van der Waals surface area contributed by atoms with E-state index < -0.39 is 4.92 Å². The number of fused-ring (bicyclic) bond motifs is 1. The molecule has 2 heterocycles. The molecule has 1 aliphatic heterocycles. The van der Waals surface area contributed by atoms with Crippen LogP contribution >= 0.6 is 0 Å². The van der Waals surface area contributed by atoms with Gasteiger partial charge >= 0.3 is 5.69 Å². The van der Waals surface area contributed by atoms with Crippen LogP contribution in [0, 0.1) is 10.1 Å². The summed E-state index contributed by atoms with van der Waals surface area (Å²) in [5, 5.41) is 17.3.